The maximum atomic E-state index is 14.0. The number of aromatic nitrogens is 1. The van der Waals surface area contributed by atoms with Gasteiger partial charge in [0.2, 0.25) is 0 Å². The third kappa shape index (κ3) is 3.38. The molecule has 4 nitrogen and oxygen atoms in total. The summed E-state index contributed by atoms with van der Waals surface area (Å²) in [4.78, 5) is 18.2. The van der Waals surface area contributed by atoms with Crippen LogP contribution in [-0.2, 0) is 4.74 Å². The van der Waals surface area contributed by atoms with Crippen molar-refractivity contribution in [2.24, 2.45) is 0 Å². The van der Waals surface area contributed by atoms with Gasteiger partial charge in [-0.2, -0.15) is 0 Å². The molecule has 1 fully saturated rings. The Morgan fingerprint density at radius 3 is 2.83 bits per heavy atom. The molecule has 3 heterocycles. The fraction of sp³-hybridized carbons (Fsp3) is 0.556. The van der Waals surface area contributed by atoms with Crippen LogP contribution in [0.1, 0.15) is 52.0 Å². The van der Waals surface area contributed by atoms with E-state index in [2.05, 4.69) is 4.98 Å². The van der Waals surface area contributed by atoms with Crippen LogP contribution in [0.15, 0.2) is 24.5 Å². The largest absolute Gasteiger partial charge is 0.444 e. The molecule has 1 amide bonds. The van der Waals surface area contributed by atoms with Gasteiger partial charge in [-0.3, -0.25) is 9.88 Å². The van der Waals surface area contributed by atoms with Gasteiger partial charge in [0.15, 0.2) is 0 Å². The summed E-state index contributed by atoms with van der Waals surface area (Å²) in [6, 6.07) is 1.77. The summed E-state index contributed by atoms with van der Waals surface area (Å²) in [6.45, 7) is 5.62. The molecule has 2 aliphatic heterocycles. The highest BCUT2D eigenvalue weighted by molar-refractivity contribution is 5.74. The van der Waals surface area contributed by atoms with Crippen LogP contribution in [0.5, 0.6) is 0 Å². The predicted octanol–water partition coefficient (Wildman–Crippen LogP) is 4.17. The summed E-state index contributed by atoms with van der Waals surface area (Å²) >= 11 is 0. The van der Waals surface area contributed by atoms with E-state index >= 15 is 0 Å². The lowest BCUT2D eigenvalue weighted by Crippen LogP contribution is -2.53. The number of carbonyl (C=O) groups is 1. The monoisotopic (exact) mass is 318 g/mol. The molecule has 1 aromatic heterocycles. The first kappa shape index (κ1) is 16.0. The van der Waals surface area contributed by atoms with Crippen LogP contribution in [0.25, 0.3) is 5.57 Å². The van der Waals surface area contributed by atoms with E-state index in [4.69, 9.17) is 4.74 Å². The first-order valence-corrected chi connectivity index (χ1v) is 8.17. The average Bonchev–Trinajstić information content (AvgIpc) is 2.44. The lowest BCUT2D eigenvalue weighted by atomic mass is 9.83. The van der Waals surface area contributed by atoms with E-state index < -0.39 is 5.60 Å². The van der Waals surface area contributed by atoms with Gasteiger partial charge < -0.3 is 4.74 Å². The Hall–Kier alpha value is -1.91. The van der Waals surface area contributed by atoms with Gasteiger partial charge in [0, 0.05) is 17.8 Å². The number of hydrogen-bond acceptors (Lipinski definition) is 3. The molecule has 0 radical (unpaired) electrons. The molecule has 2 unspecified atom stereocenters. The molecule has 2 atom stereocenters. The van der Waals surface area contributed by atoms with Gasteiger partial charge in [-0.05, 0) is 58.1 Å². The zero-order valence-electron chi connectivity index (χ0n) is 13.9. The van der Waals surface area contributed by atoms with E-state index in [-0.39, 0.29) is 24.0 Å². The Kier molecular flexibility index (Phi) is 4.13. The second-order valence-electron chi connectivity index (χ2n) is 7.29. The summed E-state index contributed by atoms with van der Waals surface area (Å²) in [5.41, 5.74) is 1.06. The van der Waals surface area contributed by atoms with Gasteiger partial charge in [0.25, 0.3) is 0 Å². The fourth-order valence-corrected chi connectivity index (χ4v) is 3.46. The molecule has 124 valence electrons. The van der Waals surface area contributed by atoms with Gasteiger partial charge in [-0.15, -0.1) is 0 Å². The van der Waals surface area contributed by atoms with Gasteiger partial charge in [-0.25, -0.2) is 9.18 Å². The van der Waals surface area contributed by atoms with Crippen molar-refractivity contribution in [2.75, 3.05) is 0 Å². The summed E-state index contributed by atoms with van der Waals surface area (Å²) in [5, 5.41) is 0. The average molecular weight is 318 g/mol. The number of nitrogens with zero attached hydrogens (tertiary/aromatic N) is 2. The predicted molar refractivity (Wildman–Crippen MR) is 86.3 cm³/mol. The number of piperidine rings is 1. The van der Waals surface area contributed by atoms with Crippen molar-refractivity contribution in [1.29, 1.82) is 0 Å². The first-order valence-electron chi connectivity index (χ1n) is 8.17. The van der Waals surface area contributed by atoms with Crippen molar-refractivity contribution >= 4 is 11.7 Å². The lowest BCUT2D eigenvalue weighted by Gasteiger charge is -2.45. The zero-order valence-corrected chi connectivity index (χ0v) is 13.9. The summed E-state index contributed by atoms with van der Waals surface area (Å²) in [7, 11) is 0. The van der Waals surface area contributed by atoms with E-state index in [0.29, 0.717) is 12.0 Å². The van der Waals surface area contributed by atoms with E-state index in [0.717, 1.165) is 24.8 Å². The molecule has 0 saturated carbocycles. The van der Waals surface area contributed by atoms with Crippen LogP contribution in [0.3, 0.4) is 0 Å². The highest BCUT2D eigenvalue weighted by atomic mass is 19.1. The van der Waals surface area contributed by atoms with E-state index in [1.807, 2.05) is 31.7 Å². The molecule has 0 N–H and O–H groups in total. The van der Waals surface area contributed by atoms with Crippen molar-refractivity contribution in [1.82, 2.24) is 9.88 Å². The molecule has 5 heteroatoms. The molecule has 1 saturated heterocycles. The minimum absolute atomic E-state index is 0.0140. The Bertz CT molecular complexity index is 636. The molecule has 3 rings (SSSR count). The van der Waals surface area contributed by atoms with Crippen LogP contribution in [0, 0.1) is 5.82 Å². The molecule has 2 bridgehead atoms. The quantitative estimate of drug-likeness (QED) is 0.780. The van der Waals surface area contributed by atoms with Crippen LogP contribution in [0.2, 0.25) is 0 Å². The molecule has 0 aromatic carbocycles. The third-order valence-corrected chi connectivity index (χ3v) is 4.36. The van der Waals surface area contributed by atoms with Crippen LogP contribution >= 0.6 is 0 Å². The fourth-order valence-electron chi connectivity index (χ4n) is 3.46. The van der Waals surface area contributed by atoms with Crippen molar-refractivity contribution in [3.63, 3.8) is 0 Å². The molecular formula is C18H23FN2O2. The number of ether oxygens (including phenoxy) is 1. The van der Waals surface area contributed by atoms with Gasteiger partial charge in [-0.1, -0.05) is 6.08 Å². The maximum Gasteiger partial charge on any atom is 0.411 e. The third-order valence-electron chi connectivity index (χ3n) is 4.36. The number of rotatable bonds is 1. The topological polar surface area (TPSA) is 42.4 Å². The number of fused-ring (bicyclic) bond motifs is 2. The number of amides is 1. The minimum Gasteiger partial charge on any atom is -0.444 e. The number of carbonyl (C=O) groups excluding carboxylic acids is 1. The van der Waals surface area contributed by atoms with Crippen LogP contribution < -0.4 is 0 Å². The van der Waals surface area contributed by atoms with E-state index in [1.165, 1.54) is 6.20 Å². The molecule has 0 spiro atoms. The molecule has 2 aliphatic rings. The van der Waals surface area contributed by atoms with Crippen molar-refractivity contribution in [2.45, 2.75) is 64.1 Å². The standard InChI is InChI=1S/C18H23FN2O2/c1-18(2,3)23-17(22)21-13-5-4-6-14(21)10-12(9-13)15-7-8-20-11-16(15)19/h7-9,11,13-14H,4-6,10H2,1-3H3. The van der Waals surface area contributed by atoms with Gasteiger partial charge in [0.05, 0.1) is 12.2 Å². The normalized spacial score (nSPS) is 24.2. The maximum absolute atomic E-state index is 14.0. The second-order valence-corrected chi connectivity index (χ2v) is 7.29. The zero-order chi connectivity index (χ0) is 16.6. The lowest BCUT2D eigenvalue weighted by molar-refractivity contribution is 0.0000780. The highest BCUT2D eigenvalue weighted by Crippen LogP contribution is 2.38. The highest BCUT2D eigenvalue weighted by Gasteiger charge is 2.39. The Labute approximate surface area is 136 Å². The SMILES string of the molecule is CC(C)(C)OC(=O)N1C2C=C(c3ccncc3F)CC1CCC2. The number of pyridine rings is 1. The Morgan fingerprint density at radius 2 is 2.17 bits per heavy atom. The minimum atomic E-state index is -0.507. The summed E-state index contributed by atoms with van der Waals surface area (Å²) < 4.78 is 19.6. The summed E-state index contributed by atoms with van der Waals surface area (Å²) in [5.74, 6) is -0.303. The van der Waals surface area contributed by atoms with Crippen molar-refractivity contribution in [3.05, 3.63) is 35.9 Å². The smallest absolute Gasteiger partial charge is 0.411 e. The van der Waals surface area contributed by atoms with Gasteiger partial charge in [0.1, 0.15) is 11.4 Å². The number of hydrogen-bond donors (Lipinski definition) is 0. The Balaban J connectivity index is 1.88. The second kappa shape index (κ2) is 5.95. The molecule has 1 aromatic rings. The number of halogens is 1. The van der Waals surface area contributed by atoms with Crippen LogP contribution in [-0.4, -0.2) is 33.7 Å². The van der Waals surface area contributed by atoms with Gasteiger partial charge >= 0.3 is 6.09 Å². The first-order chi connectivity index (χ1) is 10.8. The molecule has 23 heavy (non-hydrogen) atoms. The van der Waals surface area contributed by atoms with Crippen LogP contribution in [0.4, 0.5) is 9.18 Å². The molecular weight excluding hydrogens is 295 g/mol. The van der Waals surface area contributed by atoms with E-state index in [9.17, 15) is 9.18 Å². The van der Waals surface area contributed by atoms with Crippen molar-refractivity contribution in [3.8, 4) is 0 Å². The molecule has 0 aliphatic carbocycles. The Morgan fingerprint density at radius 1 is 1.39 bits per heavy atom. The van der Waals surface area contributed by atoms with E-state index in [1.54, 1.807) is 12.3 Å². The van der Waals surface area contributed by atoms with Crippen molar-refractivity contribution < 1.29 is 13.9 Å². The summed E-state index contributed by atoms with van der Waals surface area (Å²) in [6.07, 6.45) is 8.18.